The Bertz CT molecular complexity index is 601. The molecule has 2 atom stereocenters. The van der Waals surface area contributed by atoms with Gasteiger partial charge in [-0.2, -0.15) is 0 Å². The number of ketones is 2. The molecule has 20 heavy (non-hydrogen) atoms. The Morgan fingerprint density at radius 1 is 1.15 bits per heavy atom. The first-order valence-corrected chi connectivity index (χ1v) is 7.45. The normalized spacial score (nSPS) is 36.1. The monoisotopic (exact) mass is 271 g/mol. The van der Waals surface area contributed by atoms with Crippen LogP contribution in [0.3, 0.4) is 0 Å². The number of nitrogens with zero attached hydrogens (tertiary/aromatic N) is 1. The smallest absolute Gasteiger partial charge is 0.229 e. The summed E-state index contributed by atoms with van der Waals surface area (Å²) in [6.45, 7) is 0.598. The number of hydrogen-bond donors (Lipinski definition) is 0. The van der Waals surface area contributed by atoms with Gasteiger partial charge in [0, 0.05) is 18.5 Å². The molecule has 0 aromatic carbocycles. The van der Waals surface area contributed by atoms with E-state index in [1.807, 2.05) is 11.0 Å². The lowest BCUT2D eigenvalue weighted by Crippen LogP contribution is -2.56. The summed E-state index contributed by atoms with van der Waals surface area (Å²) in [5.74, 6) is -0.216. The van der Waals surface area contributed by atoms with Crippen molar-refractivity contribution in [3.63, 3.8) is 0 Å². The fourth-order valence-corrected chi connectivity index (χ4v) is 4.71. The number of carbonyl (C=O) groups is 3. The molecule has 0 aromatic heterocycles. The van der Waals surface area contributed by atoms with Crippen molar-refractivity contribution in [3.8, 4) is 0 Å². The topological polar surface area (TPSA) is 54.5 Å². The van der Waals surface area contributed by atoms with Gasteiger partial charge in [0.2, 0.25) is 17.5 Å². The molecule has 0 N–H and O–H groups in total. The summed E-state index contributed by atoms with van der Waals surface area (Å²) in [7, 11) is 0. The zero-order chi connectivity index (χ0) is 13.9. The molecule has 0 radical (unpaired) electrons. The Hall–Kier alpha value is -1.71. The third kappa shape index (κ3) is 1.29. The Morgan fingerprint density at radius 3 is 2.85 bits per heavy atom. The SMILES string of the molecule is O=C1C=CC2=C(CCN3C(=O)C[C@@H]4CCCC[C@@]243)C1=O. The first-order chi connectivity index (χ1) is 9.64. The van der Waals surface area contributed by atoms with Gasteiger partial charge in [-0.15, -0.1) is 0 Å². The van der Waals surface area contributed by atoms with Crippen molar-refractivity contribution in [1.82, 2.24) is 4.90 Å². The van der Waals surface area contributed by atoms with Crippen LogP contribution in [-0.4, -0.2) is 34.5 Å². The van der Waals surface area contributed by atoms with E-state index in [0.717, 1.165) is 31.3 Å². The van der Waals surface area contributed by atoms with Gasteiger partial charge in [0.25, 0.3) is 0 Å². The standard InChI is InChI=1S/C16H17NO3/c18-13-5-4-12-11(15(13)20)6-8-17-14(19)9-10-3-1-2-7-16(10,12)17/h4-5,10H,1-3,6-9H2/t10-,16-/m0/s1. The van der Waals surface area contributed by atoms with Crippen LogP contribution in [0.5, 0.6) is 0 Å². The van der Waals surface area contributed by atoms with Crippen molar-refractivity contribution in [1.29, 1.82) is 0 Å². The molecule has 2 aliphatic carbocycles. The van der Waals surface area contributed by atoms with Gasteiger partial charge < -0.3 is 4.90 Å². The fraction of sp³-hybridized carbons (Fsp3) is 0.562. The Kier molecular flexibility index (Phi) is 2.35. The minimum atomic E-state index is -0.412. The van der Waals surface area contributed by atoms with Crippen LogP contribution in [-0.2, 0) is 14.4 Å². The summed E-state index contributed by atoms with van der Waals surface area (Å²) in [5, 5.41) is 0. The third-order valence-corrected chi connectivity index (χ3v) is 5.52. The molecule has 4 aliphatic rings. The molecular weight excluding hydrogens is 254 g/mol. The second kappa shape index (κ2) is 3.90. The Balaban J connectivity index is 1.91. The minimum Gasteiger partial charge on any atom is -0.332 e. The van der Waals surface area contributed by atoms with E-state index in [2.05, 4.69) is 0 Å². The van der Waals surface area contributed by atoms with E-state index in [4.69, 9.17) is 0 Å². The average molecular weight is 271 g/mol. The molecule has 0 aromatic rings. The molecule has 4 heteroatoms. The quantitative estimate of drug-likeness (QED) is 0.496. The average Bonchev–Trinajstić information content (AvgIpc) is 2.75. The number of carbonyl (C=O) groups excluding carboxylic acids is 3. The molecule has 0 unspecified atom stereocenters. The van der Waals surface area contributed by atoms with Gasteiger partial charge in [-0.1, -0.05) is 18.9 Å². The lowest BCUT2D eigenvalue weighted by molar-refractivity contribution is -0.133. The van der Waals surface area contributed by atoms with Crippen molar-refractivity contribution in [2.45, 2.75) is 44.1 Å². The minimum absolute atomic E-state index is 0.223. The largest absolute Gasteiger partial charge is 0.332 e. The highest BCUT2D eigenvalue weighted by Crippen LogP contribution is 2.53. The molecular formula is C16H17NO3. The predicted molar refractivity (Wildman–Crippen MR) is 71.8 cm³/mol. The van der Waals surface area contributed by atoms with E-state index in [1.165, 1.54) is 6.08 Å². The maximum absolute atomic E-state index is 12.3. The van der Waals surface area contributed by atoms with Gasteiger partial charge in [0.1, 0.15) is 0 Å². The summed E-state index contributed by atoms with van der Waals surface area (Å²) in [4.78, 5) is 38.1. The maximum Gasteiger partial charge on any atom is 0.229 e. The molecule has 1 amide bonds. The van der Waals surface area contributed by atoms with Crippen LogP contribution in [0.2, 0.25) is 0 Å². The molecule has 2 heterocycles. The molecule has 2 fully saturated rings. The summed E-state index contributed by atoms with van der Waals surface area (Å²) >= 11 is 0. The van der Waals surface area contributed by atoms with E-state index in [-0.39, 0.29) is 17.2 Å². The van der Waals surface area contributed by atoms with E-state index in [0.29, 0.717) is 30.9 Å². The number of Topliss-reactive ketones (excluding diaryl/α,β-unsaturated/α-hetero) is 1. The van der Waals surface area contributed by atoms with Crippen LogP contribution in [0.1, 0.15) is 38.5 Å². The molecule has 1 spiro atoms. The van der Waals surface area contributed by atoms with E-state index in [9.17, 15) is 14.4 Å². The summed E-state index contributed by atoms with van der Waals surface area (Å²) in [6, 6.07) is 0. The molecule has 1 saturated carbocycles. The number of rotatable bonds is 0. The zero-order valence-electron chi connectivity index (χ0n) is 11.4. The molecule has 4 nitrogen and oxygen atoms in total. The Labute approximate surface area is 117 Å². The lowest BCUT2D eigenvalue weighted by atomic mass is 9.65. The van der Waals surface area contributed by atoms with E-state index in [1.54, 1.807) is 0 Å². The van der Waals surface area contributed by atoms with Gasteiger partial charge >= 0.3 is 0 Å². The van der Waals surface area contributed by atoms with Gasteiger partial charge in [0.15, 0.2) is 0 Å². The maximum atomic E-state index is 12.3. The molecule has 1 saturated heterocycles. The molecule has 104 valence electrons. The highest BCUT2D eigenvalue weighted by atomic mass is 16.2. The molecule has 4 rings (SSSR count). The van der Waals surface area contributed by atoms with Crippen LogP contribution in [0.4, 0.5) is 0 Å². The van der Waals surface area contributed by atoms with Crippen LogP contribution < -0.4 is 0 Å². The Morgan fingerprint density at radius 2 is 2.00 bits per heavy atom. The number of allylic oxidation sites excluding steroid dienone is 1. The fourth-order valence-electron chi connectivity index (χ4n) is 4.71. The third-order valence-electron chi connectivity index (χ3n) is 5.52. The second-order valence-electron chi connectivity index (χ2n) is 6.29. The molecule has 2 aliphatic heterocycles. The van der Waals surface area contributed by atoms with Crippen molar-refractivity contribution >= 4 is 17.5 Å². The van der Waals surface area contributed by atoms with Crippen molar-refractivity contribution in [2.24, 2.45) is 5.92 Å². The second-order valence-corrected chi connectivity index (χ2v) is 6.29. The van der Waals surface area contributed by atoms with Gasteiger partial charge in [-0.3, -0.25) is 14.4 Å². The van der Waals surface area contributed by atoms with Crippen molar-refractivity contribution < 1.29 is 14.4 Å². The van der Waals surface area contributed by atoms with E-state index >= 15 is 0 Å². The summed E-state index contributed by atoms with van der Waals surface area (Å²) < 4.78 is 0. The van der Waals surface area contributed by atoms with Crippen LogP contribution in [0.15, 0.2) is 23.3 Å². The highest BCUT2D eigenvalue weighted by molar-refractivity contribution is 6.48. The zero-order valence-corrected chi connectivity index (χ0v) is 11.4. The van der Waals surface area contributed by atoms with Crippen molar-refractivity contribution in [3.05, 3.63) is 23.3 Å². The summed E-state index contributed by atoms with van der Waals surface area (Å²) in [6.07, 6.45) is 8.59. The van der Waals surface area contributed by atoms with Crippen LogP contribution in [0.25, 0.3) is 0 Å². The van der Waals surface area contributed by atoms with Gasteiger partial charge in [0.05, 0.1) is 5.54 Å². The van der Waals surface area contributed by atoms with Gasteiger partial charge in [-0.25, -0.2) is 0 Å². The van der Waals surface area contributed by atoms with Crippen LogP contribution >= 0.6 is 0 Å². The highest BCUT2D eigenvalue weighted by Gasteiger charge is 2.57. The van der Waals surface area contributed by atoms with E-state index < -0.39 is 5.78 Å². The summed E-state index contributed by atoms with van der Waals surface area (Å²) in [5.41, 5.74) is 1.37. The van der Waals surface area contributed by atoms with Crippen LogP contribution in [0, 0.1) is 5.92 Å². The number of hydrogen-bond acceptors (Lipinski definition) is 3. The first kappa shape index (κ1) is 12.1. The predicted octanol–water partition coefficient (Wildman–Crippen LogP) is 1.56. The van der Waals surface area contributed by atoms with Gasteiger partial charge in [-0.05, 0) is 36.8 Å². The molecule has 0 bridgehead atoms. The van der Waals surface area contributed by atoms with Crippen molar-refractivity contribution in [2.75, 3.05) is 6.54 Å². The number of amides is 1. The first-order valence-electron chi connectivity index (χ1n) is 7.45. The lowest BCUT2D eigenvalue weighted by Gasteiger charge is -2.50.